The van der Waals surface area contributed by atoms with Gasteiger partial charge in [-0.3, -0.25) is 9.69 Å². The number of piperidine rings is 1. The third-order valence-corrected chi connectivity index (χ3v) is 5.78. The van der Waals surface area contributed by atoms with Gasteiger partial charge in [-0.05, 0) is 64.5 Å². The molecule has 2 fully saturated rings. The molecule has 2 saturated heterocycles. The molecule has 3 heterocycles. The fourth-order valence-corrected chi connectivity index (χ4v) is 4.61. The van der Waals surface area contributed by atoms with Crippen molar-refractivity contribution in [1.29, 1.82) is 0 Å². The third-order valence-electron chi connectivity index (χ3n) is 5.78. The van der Waals surface area contributed by atoms with Crippen LogP contribution in [0.3, 0.4) is 0 Å². The summed E-state index contributed by atoms with van der Waals surface area (Å²) in [5.74, 6) is 0.778. The molecule has 0 bridgehead atoms. The van der Waals surface area contributed by atoms with Crippen LogP contribution in [0.25, 0.3) is 0 Å². The lowest BCUT2D eigenvalue weighted by Crippen LogP contribution is -2.49. The zero-order valence-electron chi connectivity index (χ0n) is 14.3. The highest BCUT2D eigenvalue weighted by Gasteiger charge is 2.43. The summed E-state index contributed by atoms with van der Waals surface area (Å²) in [5, 5.41) is 0. The van der Waals surface area contributed by atoms with E-state index >= 15 is 0 Å². The van der Waals surface area contributed by atoms with Gasteiger partial charge < -0.3 is 9.80 Å². The van der Waals surface area contributed by atoms with E-state index in [1.165, 1.54) is 29.7 Å². The van der Waals surface area contributed by atoms with Gasteiger partial charge in [0.2, 0.25) is 5.91 Å². The molecule has 23 heavy (non-hydrogen) atoms. The number of amides is 1. The van der Waals surface area contributed by atoms with Gasteiger partial charge in [0.15, 0.2) is 0 Å². The highest BCUT2D eigenvalue weighted by molar-refractivity contribution is 5.98. The standard InChI is InChI=1S/C19H27N3O/c1-14-5-6-17-15(11-14)16-12-20(2)10-7-18(16)22(17)19(23)13-21-8-3-4-9-21/h5-6,11,16,18H,3-4,7-10,12-13H2,1-2H3. The van der Waals surface area contributed by atoms with Gasteiger partial charge in [-0.2, -0.15) is 0 Å². The van der Waals surface area contributed by atoms with Crippen LogP contribution in [-0.2, 0) is 4.79 Å². The van der Waals surface area contributed by atoms with Gasteiger partial charge in [0.05, 0.1) is 6.54 Å². The third kappa shape index (κ3) is 2.68. The molecule has 3 aliphatic rings. The Kier molecular flexibility index (Phi) is 3.90. The number of likely N-dealkylation sites (tertiary alicyclic amines) is 2. The highest BCUT2D eigenvalue weighted by atomic mass is 16.2. The van der Waals surface area contributed by atoms with Crippen molar-refractivity contribution in [2.24, 2.45) is 0 Å². The predicted molar refractivity (Wildman–Crippen MR) is 93.0 cm³/mol. The average Bonchev–Trinajstić information content (AvgIpc) is 3.13. The first-order chi connectivity index (χ1) is 11.1. The Balaban J connectivity index is 1.64. The Hall–Kier alpha value is -1.39. The van der Waals surface area contributed by atoms with Gasteiger partial charge in [-0.25, -0.2) is 0 Å². The van der Waals surface area contributed by atoms with Crippen LogP contribution in [0.1, 0.15) is 36.3 Å². The van der Waals surface area contributed by atoms with Gasteiger partial charge in [-0.15, -0.1) is 0 Å². The summed E-state index contributed by atoms with van der Waals surface area (Å²) in [5.41, 5.74) is 3.85. The molecule has 4 nitrogen and oxygen atoms in total. The van der Waals surface area contributed by atoms with E-state index in [2.05, 4.69) is 46.9 Å². The molecule has 4 heteroatoms. The smallest absolute Gasteiger partial charge is 0.241 e. The van der Waals surface area contributed by atoms with E-state index in [0.29, 0.717) is 24.4 Å². The number of nitrogens with zero attached hydrogens (tertiary/aromatic N) is 3. The topological polar surface area (TPSA) is 26.8 Å². The summed E-state index contributed by atoms with van der Waals surface area (Å²) in [6.45, 7) is 7.05. The number of aryl methyl sites for hydroxylation is 1. The Morgan fingerprint density at radius 1 is 1.22 bits per heavy atom. The number of hydrogen-bond acceptors (Lipinski definition) is 3. The second-order valence-corrected chi connectivity index (χ2v) is 7.53. The van der Waals surface area contributed by atoms with Crippen LogP contribution >= 0.6 is 0 Å². The molecule has 0 aromatic heterocycles. The van der Waals surface area contributed by atoms with Crippen molar-refractivity contribution in [3.63, 3.8) is 0 Å². The summed E-state index contributed by atoms with van der Waals surface area (Å²) in [6.07, 6.45) is 3.56. The van der Waals surface area contributed by atoms with Crippen molar-refractivity contribution in [2.75, 3.05) is 44.7 Å². The van der Waals surface area contributed by atoms with Crippen molar-refractivity contribution in [3.05, 3.63) is 29.3 Å². The minimum Gasteiger partial charge on any atom is -0.307 e. The maximum atomic E-state index is 13.1. The lowest BCUT2D eigenvalue weighted by Gasteiger charge is -2.37. The summed E-state index contributed by atoms with van der Waals surface area (Å²) in [4.78, 5) is 19.9. The van der Waals surface area contributed by atoms with E-state index in [4.69, 9.17) is 0 Å². The molecule has 2 atom stereocenters. The average molecular weight is 313 g/mol. The van der Waals surface area contributed by atoms with Gasteiger partial charge >= 0.3 is 0 Å². The molecule has 0 radical (unpaired) electrons. The zero-order chi connectivity index (χ0) is 16.0. The van der Waals surface area contributed by atoms with Crippen LogP contribution < -0.4 is 4.90 Å². The largest absolute Gasteiger partial charge is 0.307 e. The zero-order valence-corrected chi connectivity index (χ0v) is 14.3. The number of carbonyl (C=O) groups excluding carboxylic acids is 1. The molecule has 0 N–H and O–H groups in total. The number of carbonyl (C=O) groups is 1. The number of benzene rings is 1. The lowest BCUT2D eigenvalue weighted by atomic mass is 9.89. The first kappa shape index (κ1) is 15.2. The van der Waals surface area contributed by atoms with Gasteiger partial charge in [0.25, 0.3) is 0 Å². The molecule has 0 saturated carbocycles. The van der Waals surface area contributed by atoms with Crippen LogP contribution in [-0.4, -0.2) is 61.5 Å². The fraction of sp³-hybridized carbons (Fsp3) is 0.632. The molecule has 0 spiro atoms. The minimum absolute atomic E-state index is 0.300. The van der Waals surface area contributed by atoms with Crippen molar-refractivity contribution in [1.82, 2.24) is 9.80 Å². The lowest BCUT2D eigenvalue weighted by molar-refractivity contribution is -0.120. The Morgan fingerprint density at radius 3 is 2.78 bits per heavy atom. The Bertz CT molecular complexity index is 609. The van der Waals surface area contributed by atoms with Gasteiger partial charge in [0.1, 0.15) is 0 Å². The predicted octanol–water partition coefficient (Wildman–Crippen LogP) is 2.23. The second kappa shape index (κ2) is 5.91. The van der Waals surface area contributed by atoms with Crippen LogP contribution in [0.4, 0.5) is 5.69 Å². The van der Waals surface area contributed by atoms with E-state index in [1.807, 2.05) is 0 Å². The number of fused-ring (bicyclic) bond motifs is 3. The molecule has 3 aliphatic heterocycles. The maximum Gasteiger partial charge on any atom is 0.241 e. The second-order valence-electron chi connectivity index (χ2n) is 7.53. The number of rotatable bonds is 2. The first-order valence-corrected chi connectivity index (χ1v) is 8.97. The molecule has 4 rings (SSSR count). The molecule has 0 aliphatic carbocycles. The van der Waals surface area contributed by atoms with Crippen molar-refractivity contribution >= 4 is 11.6 Å². The van der Waals surface area contributed by atoms with E-state index in [9.17, 15) is 4.79 Å². The highest BCUT2D eigenvalue weighted by Crippen LogP contribution is 2.44. The summed E-state index contributed by atoms with van der Waals surface area (Å²) >= 11 is 0. The molecule has 1 aromatic carbocycles. The van der Waals surface area contributed by atoms with Gasteiger partial charge in [-0.1, -0.05) is 17.7 Å². The number of hydrogen-bond donors (Lipinski definition) is 0. The van der Waals surface area contributed by atoms with E-state index < -0.39 is 0 Å². The number of anilines is 1. The van der Waals surface area contributed by atoms with E-state index in [1.54, 1.807) is 0 Å². The van der Waals surface area contributed by atoms with Gasteiger partial charge in [0, 0.05) is 24.2 Å². The van der Waals surface area contributed by atoms with Crippen molar-refractivity contribution in [2.45, 2.75) is 38.1 Å². The van der Waals surface area contributed by atoms with Crippen molar-refractivity contribution in [3.8, 4) is 0 Å². The van der Waals surface area contributed by atoms with Crippen LogP contribution in [0, 0.1) is 6.92 Å². The molecular weight excluding hydrogens is 286 g/mol. The number of likely N-dealkylation sites (N-methyl/N-ethyl adjacent to an activating group) is 1. The SMILES string of the molecule is Cc1ccc2c(c1)C1CN(C)CCC1N2C(=O)CN1CCCC1. The summed E-state index contributed by atoms with van der Waals surface area (Å²) in [7, 11) is 2.19. The Morgan fingerprint density at radius 2 is 2.00 bits per heavy atom. The summed E-state index contributed by atoms with van der Waals surface area (Å²) < 4.78 is 0. The first-order valence-electron chi connectivity index (χ1n) is 8.97. The minimum atomic E-state index is 0.300. The van der Waals surface area contributed by atoms with Crippen LogP contribution in [0.15, 0.2) is 18.2 Å². The molecule has 2 unspecified atom stereocenters. The molecule has 124 valence electrons. The Labute approximate surface area is 139 Å². The fourth-order valence-electron chi connectivity index (χ4n) is 4.61. The van der Waals surface area contributed by atoms with Crippen LogP contribution in [0.5, 0.6) is 0 Å². The molecule has 1 aromatic rings. The van der Waals surface area contributed by atoms with E-state index in [0.717, 1.165) is 32.6 Å². The monoisotopic (exact) mass is 313 g/mol. The van der Waals surface area contributed by atoms with Crippen molar-refractivity contribution < 1.29 is 4.79 Å². The normalized spacial score (nSPS) is 28.0. The quantitative estimate of drug-likeness (QED) is 0.838. The maximum absolute atomic E-state index is 13.1. The summed E-state index contributed by atoms with van der Waals surface area (Å²) in [6, 6.07) is 6.98. The van der Waals surface area contributed by atoms with E-state index in [-0.39, 0.29) is 0 Å². The van der Waals surface area contributed by atoms with Crippen LogP contribution in [0.2, 0.25) is 0 Å². The molecular formula is C19H27N3O. The molecule has 1 amide bonds.